The van der Waals surface area contributed by atoms with Gasteiger partial charge in [0.1, 0.15) is 5.75 Å². The van der Waals surface area contributed by atoms with Gasteiger partial charge in [0.15, 0.2) is 41.0 Å². The first-order valence-corrected chi connectivity index (χ1v) is 12.9. The summed E-state index contributed by atoms with van der Waals surface area (Å²) in [6.45, 7) is 1.57. The van der Waals surface area contributed by atoms with Gasteiger partial charge in [0.25, 0.3) is 5.91 Å². The molecular formula is C28H25F2N3O6S. The van der Waals surface area contributed by atoms with E-state index in [4.69, 9.17) is 23.8 Å². The SMILES string of the molecule is COc1cc(C2=NOC(c3ccc(C)c(OCC(=O)Nc4nc5cc(F)c(F)cc5s4)c3)C2)cc(OC)c1OC. The minimum Gasteiger partial charge on any atom is -0.493 e. The summed E-state index contributed by atoms with van der Waals surface area (Å²) in [7, 11) is 4.64. The zero-order valence-electron chi connectivity index (χ0n) is 22.0. The number of oxime groups is 1. The number of nitrogens with one attached hydrogen (secondary N) is 1. The number of carbonyl (C=O) groups excluding carboxylic acids is 1. The van der Waals surface area contributed by atoms with Gasteiger partial charge in [-0.3, -0.25) is 10.1 Å². The van der Waals surface area contributed by atoms with Crippen molar-refractivity contribution in [2.75, 3.05) is 33.3 Å². The molecule has 1 aromatic heterocycles. The third-order valence-corrected chi connectivity index (χ3v) is 7.22. The maximum Gasteiger partial charge on any atom is 0.264 e. The van der Waals surface area contributed by atoms with E-state index in [9.17, 15) is 13.6 Å². The molecule has 0 aliphatic carbocycles. The molecule has 1 unspecified atom stereocenters. The van der Waals surface area contributed by atoms with Gasteiger partial charge in [-0.2, -0.15) is 0 Å². The molecule has 1 N–H and O–H groups in total. The molecule has 1 aliphatic heterocycles. The van der Waals surface area contributed by atoms with Crippen LogP contribution in [-0.2, 0) is 9.63 Å². The average Bonchev–Trinajstić information content (AvgIpc) is 3.59. The van der Waals surface area contributed by atoms with E-state index in [2.05, 4.69) is 15.5 Å². The largest absolute Gasteiger partial charge is 0.493 e. The topological polar surface area (TPSA) is 100 Å². The fraction of sp³-hybridized carbons (Fsp3) is 0.250. The third-order valence-electron chi connectivity index (χ3n) is 6.29. The number of methoxy groups -OCH3 is 3. The fourth-order valence-corrected chi connectivity index (χ4v) is 5.11. The highest BCUT2D eigenvalue weighted by molar-refractivity contribution is 7.22. The van der Waals surface area contributed by atoms with Gasteiger partial charge < -0.3 is 23.8 Å². The Bertz CT molecular complexity index is 1560. The van der Waals surface area contributed by atoms with Gasteiger partial charge in [-0.15, -0.1) is 0 Å². The molecule has 0 saturated heterocycles. The number of ether oxygens (including phenoxy) is 4. The Labute approximate surface area is 232 Å². The van der Waals surface area contributed by atoms with Gasteiger partial charge in [0.05, 0.1) is 37.3 Å². The first kappa shape index (κ1) is 27.1. The second kappa shape index (κ2) is 11.3. The molecule has 5 rings (SSSR count). The van der Waals surface area contributed by atoms with Crippen LogP contribution in [0.4, 0.5) is 13.9 Å². The van der Waals surface area contributed by atoms with Gasteiger partial charge in [-0.25, -0.2) is 13.8 Å². The van der Waals surface area contributed by atoms with E-state index >= 15 is 0 Å². The summed E-state index contributed by atoms with van der Waals surface area (Å²) in [6.07, 6.45) is 0.120. The highest BCUT2D eigenvalue weighted by Crippen LogP contribution is 2.40. The number of halogens is 2. The van der Waals surface area contributed by atoms with Crippen molar-refractivity contribution in [2.45, 2.75) is 19.4 Å². The zero-order valence-corrected chi connectivity index (χ0v) is 22.9. The summed E-state index contributed by atoms with van der Waals surface area (Å²) in [6, 6.07) is 11.3. The minimum absolute atomic E-state index is 0.217. The first-order chi connectivity index (χ1) is 19.3. The van der Waals surface area contributed by atoms with Gasteiger partial charge in [-0.05, 0) is 42.3 Å². The number of rotatable bonds is 9. The number of benzene rings is 3. The van der Waals surface area contributed by atoms with Crippen LogP contribution < -0.4 is 24.3 Å². The van der Waals surface area contributed by atoms with Crippen molar-refractivity contribution in [2.24, 2.45) is 5.16 Å². The van der Waals surface area contributed by atoms with E-state index in [0.717, 1.165) is 40.2 Å². The lowest BCUT2D eigenvalue weighted by atomic mass is 9.98. The number of fused-ring (bicyclic) bond motifs is 1. The van der Waals surface area contributed by atoms with Crippen molar-refractivity contribution in [1.29, 1.82) is 0 Å². The van der Waals surface area contributed by atoms with Gasteiger partial charge in [0, 0.05) is 18.1 Å². The quantitative estimate of drug-likeness (QED) is 0.272. The van der Waals surface area contributed by atoms with Crippen molar-refractivity contribution in [1.82, 2.24) is 4.98 Å². The summed E-state index contributed by atoms with van der Waals surface area (Å²) < 4.78 is 49.4. The Kier molecular flexibility index (Phi) is 7.69. The van der Waals surface area contributed by atoms with Gasteiger partial charge >= 0.3 is 0 Å². The lowest BCUT2D eigenvalue weighted by molar-refractivity contribution is -0.118. The Hall–Kier alpha value is -4.45. The number of aryl methyl sites for hydroxylation is 1. The molecule has 2 heterocycles. The molecule has 0 bridgehead atoms. The van der Waals surface area contributed by atoms with Crippen LogP contribution in [0.3, 0.4) is 0 Å². The minimum atomic E-state index is -0.999. The smallest absolute Gasteiger partial charge is 0.264 e. The van der Waals surface area contributed by atoms with Crippen molar-refractivity contribution in [3.05, 3.63) is 70.8 Å². The maximum atomic E-state index is 13.5. The maximum absolute atomic E-state index is 13.5. The molecule has 3 aromatic carbocycles. The zero-order chi connectivity index (χ0) is 28.4. The van der Waals surface area contributed by atoms with Crippen LogP contribution in [0.25, 0.3) is 10.2 Å². The van der Waals surface area contributed by atoms with Crippen molar-refractivity contribution < 1.29 is 37.4 Å². The van der Waals surface area contributed by atoms with Crippen LogP contribution >= 0.6 is 11.3 Å². The monoisotopic (exact) mass is 569 g/mol. The predicted molar refractivity (Wildman–Crippen MR) is 146 cm³/mol. The third kappa shape index (κ3) is 5.48. The molecule has 0 radical (unpaired) electrons. The van der Waals surface area contributed by atoms with Gasteiger partial charge in [-0.1, -0.05) is 28.6 Å². The number of amides is 1. The summed E-state index contributed by atoms with van der Waals surface area (Å²) in [4.78, 5) is 22.4. The highest BCUT2D eigenvalue weighted by Gasteiger charge is 2.27. The van der Waals surface area contributed by atoms with Crippen molar-refractivity contribution in [3.8, 4) is 23.0 Å². The van der Waals surface area contributed by atoms with Crippen LogP contribution in [0.1, 0.15) is 29.2 Å². The van der Waals surface area contributed by atoms with E-state index in [0.29, 0.717) is 39.8 Å². The van der Waals surface area contributed by atoms with E-state index < -0.39 is 17.5 Å². The second-order valence-electron chi connectivity index (χ2n) is 8.87. The van der Waals surface area contributed by atoms with Crippen LogP contribution in [0.15, 0.2) is 47.6 Å². The highest BCUT2D eigenvalue weighted by atomic mass is 32.1. The number of hydrogen-bond acceptors (Lipinski definition) is 9. The normalized spacial score (nSPS) is 14.4. The Morgan fingerprint density at radius 3 is 2.45 bits per heavy atom. The van der Waals surface area contributed by atoms with Crippen LogP contribution in [-0.4, -0.2) is 44.5 Å². The van der Waals surface area contributed by atoms with E-state index in [1.807, 2.05) is 37.3 Å². The molecule has 0 fully saturated rings. The molecule has 208 valence electrons. The number of carbonyl (C=O) groups is 1. The second-order valence-corrected chi connectivity index (χ2v) is 9.90. The number of nitrogens with zero attached hydrogens (tertiary/aromatic N) is 2. The Morgan fingerprint density at radius 2 is 1.75 bits per heavy atom. The summed E-state index contributed by atoms with van der Waals surface area (Å²) in [5.74, 6) is -0.419. The fourth-order valence-electron chi connectivity index (χ4n) is 4.22. The van der Waals surface area contributed by atoms with Crippen molar-refractivity contribution in [3.63, 3.8) is 0 Å². The Balaban J connectivity index is 1.24. The van der Waals surface area contributed by atoms with E-state index in [1.54, 1.807) is 21.3 Å². The predicted octanol–water partition coefficient (Wildman–Crippen LogP) is 5.79. The molecule has 1 amide bonds. The lowest BCUT2D eigenvalue weighted by Gasteiger charge is -2.14. The summed E-state index contributed by atoms with van der Waals surface area (Å²) >= 11 is 1.04. The molecule has 0 spiro atoms. The molecule has 1 aliphatic rings. The number of hydrogen-bond donors (Lipinski definition) is 1. The molecule has 9 nitrogen and oxygen atoms in total. The lowest BCUT2D eigenvalue weighted by Crippen LogP contribution is -2.20. The average molecular weight is 570 g/mol. The number of aromatic nitrogens is 1. The molecular weight excluding hydrogens is 544 g/mol. The van der Waals surface area contributed by atoms with Crippen LogP contribution in [0, 0.1) is 18.6 Å². The van der Waals surface area contributed by atoms with Gasteiger partial charge in [0.2, 0.25) is 5.75 Å². The molecule has 12 heteroatoms. The summed E-state index contributed by atoms with van der Waals surface area (Å²) in [5, 5.41) is 7.10. The first-order valence-electron chi connectivity index (χ1n) is 12.1. The number of thiazole rings is 1. The molecule has 40 heavy (non-hydrogen) atoms. The summed E-state index contributed by atoms with van der Waals surface area (Å²) in [5.41, 5.74) is 3.39. The van der Waals surface area contributed by atoms with Crippen LogP contribution in [0.5, 0.6) is 23.0 Å². The molecule has 0 saturated carbocycles. The van der Waals surface area contributed by atoms with Crippen molar-refractivity contribution >= 4 is 38.3 Å². The molecule has 4 aromatic rings. The van der Waals surface area contributed by atoms with Crippen LogP contribution in [0.2, 0.25) is 0 Å². The van der Waals surface area contributed by atoms with E-state index in [-0.39, 0.29) is 23.4 Å². The number of anilines is 1. The standard InChI is InChI=1S/C28H25F2N3O6S/c1-14-5-6-15(22-12-19(33-39-22)16-8-23(35-2)27(37-4)24(9-16)36-3)7-21(14)38-13-26(34)32-28-31-20-10-17(29)18(30)11-25(20)40-28/h5-11,22H,12-13H2,1-4H3,(H,31,32,34). The molecule has 1 atom stereocenters. The van der Waals surface area contributed by atoms with E-state index in [1.165, 1.54) is 0 Å². The Morgan fingerprint density at radius 1 is 1.02 bits per heavy atom.